The highest BCUT2D eigenvalue weighted by atomic mass is 79.9. The fraction of sp³-hybridized carbons (Fsp3) is 0.571. The van der Waals surface area contributed by atoms with Crippen LogP contribution in [0.5, 0.6) is 0 Å². The normalized spacial score (nSPS) is 23.1. The highest BCUT2D eigenvalue weighted by molar-refractivity contribution is 9.10. The van der Waals surface area contributed by atoms with Gasteiger partial charge in [-0.2, -0.15) is 0 Å². The minimum atomic E-state index is 0.176. The van der Waals surface area contributed by atoms with E-state index in [2.05, 4.69) is 72.2 Å². The molecule has 94 valence electrons. The molecule has 3 heteroatoms. The van der Waals surface area contributed by atoms with E-state index in [0.717, 1.165) is 6.54 Å². The molecule has 0 amide bonds. The van der Waals surface area contributed by atoms with Gasteiger partial charge in [-0.15, -0.1) is 0 Å². The van der Waals surface area contributed by atoms with Gasteiger partial charge < -0.3 is 10.2 Å². The van der Waals surface area contributed by atoms with Crippen LogP contribution in [0.25, 0.3) is 0 Å². The second-order valence-corrected chi connectivity index (χ2v) is 6.22. The van der Waals surface area contributed by atoms with Gasteiger partial charge in [-0.05, 0) is 58.0 Å². The predicted octanol–water partition coefficient (Wildman–Crippen LogP) is 3.33. The third-order valence-corrected chi connectivity index (χ3v) is 4.88. The summed E-state index contributed by atoms with van der Waals surface area (Å²) in [6.45, 7) is 7.91. The van der Waals surface area contributed by atoms with Crippen LogP contribution in [-0.2, 0) is 0 Å². The lowest BCUT2D eigenvalue weighted by molar-refractivity contribution is 0.403. The van der Waals surface area contributed by atoms with Crippen LogP contribution in [0.2, 0.25) is 0 Å². The van der Waals surface area contributed by atoms with E-state index in [1.807, 2.05) is 0 Å². The number of halogens is 1. The number of nitrogens with zero attached hydrogens (tertiary/aromatic N) is 1. The van der Waals surface area contributed by atoms with E-state index in [1.54, 1.807) is 0 Å². The van der Waals surface area contributed by atoms with Crippen LogP contribution in [0, 0.1) is 6.92 Å². The standard InChI is InChI=1S/C14H21BrN2/c1-10-9-11(5-6-12(10)15)17-8-7-13(16-4)14(17,2)3/h5-6,9,13,16H,7-8H2,1-4H3. The third kappa shape index (κ3) is 2.23. The summed E-state index contributed by atoms with van der Waals surface area (Å²) in [4.78, 5) is 2.51. The fourth-order valence-corrected chi connectivity index (χ4v) is 3.09. The van der Waals surface area contributed by atoms with E-state index in [-0.39, 0.29) is 5.54 Å². The molecule has 1 aromatic carbocycles. The van der Waals surface area contributed by atoms with Gasteiger partial charge in [0.05, 0.1) is 0 Å². The van der Waals surface area contributed by atoms with Gasteiger partial charge in [0.1, 0.15) is 0 Å². The Morgan fingerprint density at radius 3 is 2.65 bits per heavy atom. The summed E-state index contributed by atoms with van der Waals surface area (Å²) in [6, 6.07) is 7.18. The average Bonchev–Trinajstić information content (AvgIpc) is 2.57. The Morgan fingerprint density at radius 2 is 2.12 bits per heavy atom. The maximum Gasteiger partial charge on any atom is 0.0499 e. The van der Waals surface area contributed by atoms with Crippen LogP contribution >= 0.6 is 15.9 Å². The SMILES string of the molecule is CNC1CCN(c2ccc(Br)c(C)c2)C1(C)C. The minimum absolute atomic E-state index is 0.176. The molecule has 17 heavy (non-hydrogen) atoms. The van der Waals surface area contributed by atoms with Crippen molar-refractivity contribution in [3.63, 3.8) is 0 Å². The first-order valence-electron chi connectivity index (χ1n) is 6.18. The molecule has 1 saturated heterocycles. The van der Waals surface area contributed by atoms with Gasteiger partial charge in [0.2, 0.25) is 0 Å². The Kier molecular flexibility index (Phi) is 3.50. The van der Waals surface area contributed by atoms with Gasteiger partial charge in [0.15, 0.2) is 0 Å². The maximum absolute atomic E-state index is 3.56. The summed E-state index contributed by atoms with van der Waals surface area (Å²) in [5.74, 6) is 0. The molecule has 0 saturated carbocycles. The largest absolute Gasteiger partial charge is 0.365 e. The van der Waals surface area contributed by atoms with E-state index >= 15 is 0 Å². The van der Waals surface area contributed by atoms with Gasteiger partial charge in [-0.25, -0.2) is 0 Å². The molecule has 1 heterocycles. The number of rotatable bonds is 2. The minimum Gasteiger partial charge on any atom is -0.365 e. The smallest absolute Gasteiger partial charge is 0.0499 e. The second-order valence-electron chi connectivity index (χ2n) is 5.37. The fourth-order valence-electron chi connectivity index (χ4n) is 2.84. The molecule has 2 nitrogen and oxygen atoms in total. The summed E-state index contributed by atoms with van der Waals surface area (Å²) in [7, 11) is 2.06. The summed E-state index contributed by atoms with van der Waals surface area (Å²) in [5, 5.41) is 3.43. The van der Waals surface area contributed by atoms with Gasteiger partial charge in [0.25, 0.3) is 0 Å². The molecular formula is C14H21BrN2. The zero-order valence-electron chi connectivity index (χ0n) is 11.0. The Labute approximate surface area is 113 Å². The number of aryl methyl sites for hydroxylation is 1. The second kappa shape index (κ2) is 4.62. The van der Waals surface area contributed by atoms with Crippen LogP contribution in [-0.4, -0.2) is 25.2 Å². The summed E-state index contributed by atoms with van der Waals surface area (Å²) in [6.07, 6.45) is 1.21. The molecule has 0 spiro atoms. The van der Waals surface area contributed by atoms with Crippen molar-refractivity contribution in [2.24, 2.45) is 0 Å². The number of nitrogens with one attached hydrogen (secondary N) is 1. The average molecular weight is 297 g/mol. The molecule has 0 bridgehead atoms. The number of hydrogen-bond acceptors (Lipinski definition) is 2. The van der Waals surface area contributed by atoms with Crippen molar-refractivity contribution >= 4 is 21.6 Å². The van der Waals surface area contributed by atoms with E-state index in [0.29, 0.717) is 6.04 Å². The molecule has 1 aliphatic heterocycles. The van der Waals surface area contributed by atoms with Gasteiger partial charge in [0, 0.05) is 28.3 Å². The number of benzene rings is 1. The number of anilines is 1. The molecule has 1 fully saturated rings. The van der Waals surface area contributed by atoms with Crippen LogP contribution in [0.1, 0.15) is 25.8 Å². The van der Waals surface area contributed by atoms with Crippen LogP contribution < -0.4 is 10.2 Å². The van der Waals surface area contributed by atoms with E-state index in [9.17, 15) is 0 Å². The molecule has 1 aliphatic rings. The Hall–Kier alpha value is -0.540. The first-order valence-corrected chi connectivity index (χ1v) is 6.97. The van der Waals surface area contributed by atoms with Crippen molar-refractivity contribution < 1.29 is 0 Å². The van der Waals surface area contributed by atoms with Crippen molar-refractivity contribution in [3.05, 3.63) is 28.2 Å². The highest BCUT2D eigenvalue weighted by Gasteiger charge is 2.40. The lowest BCUT2D eigenvalue weighted by atomic mass is 9.95. The summed E-state index contributed by atoms with van der Waals surface area (Å²) in [5.41, 5.74) is 2.80. The summed E-state index contributed by atoms with van der Waals surface area (Å²) >= 11 is 3.56. The van der Waals surface area contributed by atoms with Crippen LogP contribution in [0.15, 0.2) is 22.7 Å². The highest BCUT2D eigenvalue weighted by Crippen LogP contribution is 2.35. The van der Waals surface area contributed by atoms with Crippen molar-refractivity contribution in [1.82, 2.24) is 5.32 Å². The zero-order chi connectivity index (χ0) is 12.6. The van der Waals surface area contributed by atoms with E-state index in [4.69, 9.17) is 0 Å². The molecular weight excluding hydrogens is 276 g/mol. The topological polar surface area (TPSA) is 15.3 Å². The Morgan fingerprint density at radius 1 is 1.41 bits per heavy atom. The molecule has 1 unspecified atom stereocenters. The van der Waals surface area contributed by atoms with E-state index in [1.165, 1.54) is 22.1 Å². The Balaban J connectivity index is 2.32. The van der Waals surface area contributed by atoms with Crippen molar-refractivity contribution in [1.29, 1.82) is 0 Å². The zero-order valence-corrected chi connectivity index (χ0v) is 12.6. The predicted molar refractivity (Wildman–Crippen MR) is 77.8 cm³/mol. The van der Waals surface area contributed by atoms with Crippen LogP contribution in [0.4, 0.5) is 5.69 Å². The quantitative estimate of drug-likeness (QED) is 0.900. The van der Waals surface area contributed by atoms with Crippen molar-refractivity contribution in [2.45, 2.75) is 38.8 Å². The van der Waals surface area contributed by atoms with Crippen molar-refractivity contribution in [2.75, 3.05) is 18.5 Å². The molecule has 0 radical (unpaired) electrons. The van der Waals surface area contributed by atoms with Crippen LogP contribution in [0.3, 0.4) is 0 Å². The third-order valence-electron chi connectivity index (χ3n) is 3.99. The summed E-state index contributed by atoms with van der Waals surface area (Å²) < 4.78 is 1.18. The van der Waals surface area contributed by atoms with Gasteiger partial charge in [-0.1, -0.05) is 15.9 Å². The first-order chi connectivity index (χ1) is 7.96. The van der Waals surface area contributed by atoms with Gasteiger partial charge >= 0.3 is 0 Å². The molecule has 2 rings (SSSR count). The van der Waals surface area contributed by atoms with E-state index < -0.39 is 0 Å². The first kappa shape index (κ1) is 12.9. The lowest BCUT2D eigenvalue weighted by Gasteiger charge is -2.37. The Bertz CT molecular complexity index is 415. The monoisotopic (exact) mass is 296 g/mol. The van der Waals surface area contributed by atoms with Gasteiger partial charge in [-0.3, -0.25) is 0 Å². The molecule has 0 aliphatic carbocycles. The number of likely N-dealkylation sites (N-methyl/N-ethyl adjacent to an activating group) is 1. The molecule has 0 aromatic heterocycles. The number of hydrogen-bond donors (Lipinski definition) is 1. The molecule has 1 N–H and O–H groups in total. The molecule has 1 aromatic rings. The maximum atomic E-state index is 3.56. The lowest BCUT2D eigenvalue weighted by Crippen LogP contribution is -2.50. The van der Waals surface area contributed by atoms with Crippen molar-refractivity contribution in [3.8, 4) is 0 Å². The molecule has 1 atom stereocenters.